The number of hydrogen-bond donors (Lipinski definition) is 4. The van der Waals surface area contributed by atoms with E-state index in [1.165, 1.54) is 0 Å². The van der Waals surface area contributed by atoms with Crippen molar-refractivity contribution in [3.05, 3.63) is 10.1 Å². The largest absolute Gasteiger partial charge is 0.393 e. The zero-order valence-corrected chi connectivity index (χ0v) is 7.41. The fraction of sp³-hybridized carbons (Fsp3) is 1.00. The number of nitrogens with zero attached hydrogens (tertiary/aromatic N) is 1. The Bertz CT molecular complexity index is 234. The van der Waals surface area contributed by atoms with Gasteiger partial charge in [0.2, 0.25) is 6.04 Å². The highest BCUT2D eigenvalue weighted by atomic mass is 16.6. The van der Waals surface area contributed by atoms with Gasteiger partial charge in [-0.3, -0.25) is 10.1 Å². The lowest BCUT2D eigenvalue weighted by Gasteiger charge is -2.39. The summed E-state index contributed by atoms with van der Waals surface area (Å²) in [6.07, 6.45) is -2.95. The van der Waals surface area contributed by atoms with Crippen LogP contribution in [-0.4, -0.2) is 55.8 Å². The van der Waals surface area contributed by atoms with Crippen LogP contribution in [-0.2, 0) is 0 Å². The molecule has 1 aliphatic carbocycles. The average molecular weight is 207 g/mol. The molecule has 4 unspecified atom stereocenters. The van der Waals surface area contributed by atoms with E-state index in [4.69, 9.17) is 5.11 Å². The van der Waals surface area contributed by atoms with Crippen LogP contribution in [0.15, 0.2) is 0 Å². The van der Waals surface area contributed by atoms with E-state index in [-0.39, 0.29) is 12.8 Å². The summed E-state index contributed by atoms with van der Waals surface area (Å²) in [7, 11) is 0. The van der Waals surface area contributed by atoms with Gasteiger partial charge < -0.3 is 20.4 Å². The summed E-state index contributed by atoms with van der Waals surface area (Å²) in [6.45, 7) is -0.948. The van der Waals surface area contributed by atoms with E-state index in [1.54, 1.807) is 0 Å². The van der Waals surface area contributed by atoms with Crippen LogP contribution in [0.25, 0.3) is 0 Å². The quantitative estimate of drug-likeness (QED) is 0.303. The molecule has 0 spiro atoms. The third-order valence-electron chi connectivity index (χ3n) is 2.70. The highest BCUT2D eigenvalue weighted by Gasteiger charge is 2.56. The molecule has 1 rings (SSSR count). The van der Waals surface area contributed by atoms with Crippen molar-refractivity contribution in [2.45, 2.75) is 36.7 Å². The normalized spacial score (nSPS) is 43.6. The molecular weight excluding hydrogens is 194 g/mol. The second-order valence-corrected chi connectivity index (χ2v) is 3.54. The summed E-state index contributed by atoms with van der Waals surface area (Å²) < 4.78 is 0. The third kappa shape index (κ3) is 1.59. The summed E-state index contributed by atoms with van der Waals surface area (Å²) in [5.41, 5.74) is -2.25. The average Bonchev–Trinajstić information content (AvgIpc) is 2.13. The number of aliphatic hydroxyl groups excluding tert-OH is 3. The van der Waals surface area contributed by atoms with Gasteiger partial charge >= 0.3 is 0 Å². The Hall–Kier alpha value is -0.760. The fourth-order valence-corrected chi connectivity index (χ4v) is 1.75. The smallest absolute Gasteiger partial charge is 0.246 e. The number of aliphatic hydroxyl groups is 4. The SMILES string of the molecule is O=[N+]([O-])C1CCC(O)C(O)C1(O)CO. The second kappa shape index (κ2) is 3.77. The van der Waals surface area contributed by atoms with Crippen molar-refractivity contribution >= 4 is 0 Å². The van der Waals surface area contributed by atoms with E-state index >= 15 is 0 Å². The molecule has 7 nitrogen and oxygen atoms in total. The third-order valence-corrected chi connectivity index (χ3v) is 2.70. The number of hydrogen-bond acceptors (Lipinski definition) is 6. The van der Waals surface area contributed by atoms with Gasteiger partial charge in [0.25, 0.3) is 0 Å². The zero-order valence-electron chi connectivity index (χ0n) is 7.41. The molecule has 7 heteroatoms. The summed E-state index contributed by atoms with van der Waals surface area (Å²) in [6, 6.07) is -1.44. The van der Waals surface area contributed by atoms with Crippen LogP contribution in [0.3, 0.4) is 0 Å². The Balaban J connectivity index is 2.93. The van der Waals surface area contributed by atoms with Crippen molar-refractivity contribution < 1.29 is 25.3 Å². The summed E-state index contributed by atoms with van der Waals surface area (Å²) in [5, 5.41) is 47.6. The molecule has 0 aromatic rings. The van der Waals surface area contributed by atoms with E-state index in [0.29, 0.717) is 0 Å². The minimum Gasteiger partial charge on any atom is -0.393 e. The molecule has 1 fully saturated rings. The van der Waals surface area contributed by atoms with E-state index in [0.717, 1.165) is 0 Å². The molecule has 1 saturated carbocycles. The predicted molar refractivity (Wildman–Crippen MR) is 44.1 cm³/mol. The van der Waals surface area contributed by atoms with Gasteiger partial charge in [-0.2, -0.15) is 0 Å². The van der Waals surface area contributed by atoms with Crippen LogP contribution < -0.4 is 0 Å². The molecule has 0 heterocycles. The van der Waals surface area contributed by atoms with Crippen LogP contribution in [0.1, 0.15) is 12.8 Å². The molecule has 0 aromatic carbocycles. The molecule has 4 N–H and O–H groups in total. The van der Waals surface area contributed by atoms with Gasteiger partial charge in [-0.05, 0) is 6.42 Å². The van der Waals surface area contributed by atoms with Gasteiger partial charge in [-0.1, -0.05) is 0 Å². The lowest BCUT2D eigenvalue weighted by Crippen LogP contribution is -2.64. The second-order valence-electron chi connectivity index (χ2n) is 3.54. The van der Waals surface area contributed by atoms with Crippen LogP contribution in [0.4, 0.5) is 0 Å². The van der Waals surface area contributed by atoms with E-state index < -0.39 is 35.4 Å². The molecular formula is C7H13NO6. The Morgan fingerprint density at radius 1 is 1.43 bits per heavy atom. The fourth-order valence-electron chi connectivity index (χ4n) is 1.75. The van der Waals surface area contributed by atoms with Crippen molar-refractivity contribution in [2.75, 3.05) is 6.61 Å². The van der Waals surface area contributed by atoms with Gasteiger partial charge in [-0.15, -0.1) is 0 Å². The molecule has 0 bridgehead atoms. The zero-order chi connectivity index (χ0) is 10.9. The lowest BCUT2D eigenvalue weighted by atomic mass is 9.77. The van der Waals surface area contributed by atoms with E-state index in [1.807, 2.05) is 0 Å². The first-order valence-electron chi connectivity index (χ1n) is 4.26. The Labute approximate surface area is 79.8 Å². The van der Waals surface area contributed by atoms with Crippen molar-refractivity contribution in [3.63, 3.8) is 0 Å². The van der Waals surface area contributed by atoms with Crippen LogP contribution >= 0.6 is 0 Å². The molecule has 0 amide bonds. The lowest BCUT2D eigenvalue weighted by molar-refractivity contribution is -0.557. The van der Waals surface area contributed by atoms with Gasteiger partial charge in [0.05, 0.1) is 12.7 Å². The molecule has 0 aliphatic heterocycles. The van der Waals surface area contributed by atoms with Gasteiger partial charge in [0.15, 0.2) is 5.60 Å². The predicted octanol–water partition coefficient (Wildman–Crippen LogP) is -2.13. The molecule has 0 aromatic heterocycles. The number of nitro groups is 1. The Morgan fingerprint density at radius 2 is 2.00 bits per heavy atom. The maximum Gasteiger partial charge on any atom is 0.246 e. The molecule has 0 saturated heterocycles. The van der Waals surface area contributed by atoms with Crippen molar-refractivity contribution in [3.8, 4) is 0 Å². The minimum atomic E-state index is -2.25. The first-order chi connectivity index (χ1) is 6.43. The highest BCUT2D eigenvalue weighted by Crippen LogP contribution is 2.30. The maximum atomic E-state index is 10.5. The van der Waals surface area contributed by atoms with Crippen LogP contribution in [0.5, 0.6) is 0 Å². The molecule has 1 aliphatic rings. The van der Waals surface area contributed by atoms with Gasteiger partial charge in [0, 0.05) is 11.3 Å². The standard InChI is InChI=1S/C7H13NO6/c9-3-7(12)5(8(13)14)2-1-4(10)6(7)11/h4-6,9-12H,1-3H2. The summed E-state index contributed by atoms with van der Waals surface area (Å²) in [5.74, 6) is 0. The maximum absolute atomic E-state index is 10.5. The summed E-state index contributed by atoms with van der Waals surface area (Å²) in [4.78, 5) is 9.78. The van der Waals surface area contributed by atoms with Crippen molar-refractivity contribution in [1.82, 2.24) is 0 Å². The van der Waals surface area contributed by atoms with Crippen LogP contribution in [0, 0.1) is 10.1 Å². The number of rotatable bonds is 2. The van der Waals surface area contributed by atoms with E-state index in [2.05, 4.69) is 0 Å². The highest BCUT2D eigenvalue weighted by molar-refractivity contribution is 5.00. The van der Waals surface area contributed by atoms with Crippen molar-refractivity contribution in [1.29, 1.82) is 0 Å². The Kier molecular flexibility index (Phi) is 3.05. The molecule has 0 radical (unpaired) electrons. The van der Waals surface area contributed by atoms with Gasteiger partial charge in [-0.25, -0.2) is 0 Å². The van der Waals surface area contributed by atoms with Crippen molar-refractivity contribution in [2.24, 2.45) is 0 Å². The monoisotopic (exact) mass is 207 g/mol. The first-order valence-corrected chi connectivity index (χ1v) is 4.26. The van der Waals surface area contributed by atoms with Gasteiger partial charge in [0.1, 0.15) is 6.10 Å². The molecule has 4 atom stereocenters. The van der Waals surface area contributed by atoms with Crippen LogP contribution in [0.2, 0.25) is 0 Å². The Morgan fingerprint density at radius 3 is 2.43 bits per heavy atom. The topological polar surface area (TPSA) is 124 Å². The molecule has 82 valence electrons. The van der Waals surface area contributed by atoms with E-state index in [9.17, 15) is 25.4 Å². The summed E-state index contributed by atoms with van der Waals surface area (Å²) >= 11 is 0. The first kappa shape index (κ1) is 11.3. The minimum absolute atomic E-state index is 0.0368. The molecule has 14 heavy (non-hydrogen) atoms.